The van der Waals surface area contributed by atoms with Gasteiger partial charge in [0.1, 0.15) is 11.5 Å². The highest BCUT2D eigenvalue weighted by atomic mass is 32.1. The van der Waals surface area contributed by atoms with E-state index < -0.39 is 6.10 Å². The van der Waals surface area contributed by atoms with E-state index in [2.05, 4.69) is 0 Å². The molecule has 1 aromatic carbocycles. The predicted molar refractivity (Wildman–Crippen MR) is 72.5 cm³/mol. The first kappa shape index (κ1) is 12.9. The summed E-state index contributed by atoms with van der Waals surface area (Å²) in [6.45, 7) is 0. The molecule has 0 aliphatic heterocycles. The number of aliphatic hydroxyl groups is 1. The van der Waals surface area contributed by atoms with Gasteiger partial charge in [0.05, 0.1) is 20.3 Å². The summed E-state index contributed by atoms with van der Waals surface area (Å²) < 4.78 is 10.2. The minimum atomic E-state index is -0.493. The summed E-state index contributed by atoms with van der Waals surface area (Å²) in [5.41, 5.74) is 1.08. The van der Waals surface area contributed by atoms with E-state index >= 15 is 0 Å². The molecule has 3 nitrogen and oxygen atoms in total. The molecule has 0 saturated carbocycles. The van der Waals surface area contributed by atoms with Crippen molar-refractivity contribution in [2.24, 2.45) is 0 Å². The van der Waals surface area contributed by atoms with Crippen molar-refractivity contribution < 1.29 is 14.6 Å². The van der Waals surface area contributed by atoms with Gasteiger partial charge in [-0.3, -0.25) is 0 Å². The second kappa shape index (κ2) is 5.89. The van der Waals surface area contributed by atoms with Crippen LogP contribution in [-0.2, 0) is 6.42 Å². The molecule has 0 bridgehead atoms. The number of hydrogen-bond donors (Lipinski definition) is 1. The van der Waals surface area contributed by atoms with Gasteiger partial charge in [-0.15, -0.1) is 11.3 Å². The van der Waals surface area contributed by atoms with Gasteiger partial charge in [-0.05, 0) is 23.8 Å². The highest BCUT2D eigenvalue weighted by Gasteiger charge is 2.11. The minimum Gasteiger partial charge on any atom is -0.497 e. The Hall–Kier alpha value is -1.52. The molecule has 2 rings (SSSR count). The molecular weight excluding hydrogens is 248 g/mol. The third-order valence-electron chi connectivity index (χ3n) is 2.75. The molecule has 0 aliphatic rings. The molecule has 0 amide bonds. The Labute approximate surface area is 111 Å². The van der Waals surface area contributed by atoms with Crippen LogP contribution in [0.5, 0.6) is 11.5 Å². The van der Waals surface area contributed by atoms with Gasteiger partial charge in [-0.1, -0.05) is 12.1 Å². The third kappa shape index (κ3) is 3.03. The zero-order chi connectivity index (χ0) is 13.0. The topological polar surface area (TPSA) is 38.7 Å². The summed E-state index contributed by atoms with van der Waals surface area (Å²) >= 11 is 1.51. The second-order valence-corrected chi connectivity index (χ2v) is 4.90. The fourth-order valence-electron chi connectivity index (χ4n) is 1.70. The summed E-state index contributed by atoms with van der Waals surface area (Å²) in [4.78, 5) is 0.919. The van der Waals surface area contributed by atoms with Gasteiger partial charge in [-0.25, -0.2) is 0 Å². The van der Waals surface area contributed by atoms with Crippen LogP contribution in [0.15, 0.2) is 35.7 Å². The maximum absolute atomic E-state index is 10.1. The minimum absolute atomic E-state index is 0.493. The quantitative estimate of drug-likeness (QED) is 0.902. The largest absolute Gasteiger partial charge is 0.497 e. The molecule has 2 aromatic rings. The van der Waals surface area contributed by atoms with Crippen LogP contribution < -0.4 is 9.47 Å². The van der Waals surface area contributed by atoms with Crippen LogP contribution in [-0.4, -0.2) is 19.3 Å². The molecular formula is C14H16O3S. The lowest BCUT2D eigenvalue weighted by Gasteiger charge is -2.09. The van der Waals surface area contributed by atoms with E-state index in [1.165, 1.54) is 11.3 Å². The van der Waals surface area contributed by atoms with E-state index in [1.807, 2.05) is 35.7 Å². The van der Waals surface area contributed by atoms with Crippen LogP contribution in [0.2, 0.25) is 0 Å². The summed E-state index contributed by atoms with van der Waals surface area (Å²) in [5, 5.41) is 12.0. The highest BCUT2D eigenvalue weighted by Crippen LogP contribution is 2.29. The van der Waals surface area contributed by atoms with Crippen molar-refractivity contribution in [2.75, 3.05) is 14.2 Å². The van der Waals surface area contributed by atoms with E-state index in [0.717, 1.165) is 21.9 Å². The number of hydrogen-bond acceptors (Lipinski definition) is 4. The molecule has 96 valence electrons. The monoisotopic (exact) mass is 264 g/mol. The normalized spacial score (nSPS) is 12.2. The van der Waals surface area contributed by atoms with Crippen molar-refractivity contribution in [1.29, 1.82) is 0 Å². The third-order valence-corrected chi connectivity index (χ3v) is 3.76. The molecule has 0 saturated heterocycles. The smallest absolute Gasteiger partial charge is 0.129 e. The Morgan fingerprint density at radius 2 is 1.78 bits per heavy atom. The van der Waals surface area contributed by atoms with E-state index in [4.69, 9.17) is 9.47 Å². The van der Waals surface area contributed by atoms with E-state index in [0.29, 0.717) is 6.42 Å². The molecule has 1 heterocycles. The number of benzene rings is 1. The zero-order valence-corrected chi connectivity index (χ0v) is 11.2. The van der Waals surface area contributed by atoms with Crippen molar-refractivity contribution in [3.63, 3.8) is 0 Å². The van der Waals surface area contributed by atoms with Gasteiger partial charge in [0.15, 0.2) is 0 Å². The van der Waals surface area contributed by atoms with Crippen molar-refractivity contribution in [1.82, 2.24) is 0 Å². The fourth-order valence-corrected chi connectivity index (χ4v) is 2.54. The average molecular weight is 264 g/mol. The number of aliphatic hydroxyl groups excluding tert-OH is 1. The van der Waals surface area contributed by atoms with Gasteiger partial charge in [0.25, 0.3) is 0 Å². The standard InChI is InChI=1S/C14H16O3S/c1-16-11-5-3-10(4-6-11)7-13(15)14-8-12(17-2)9-18-14/h3-6,8-9,13,15H,7H2,1-2H3. The number of rotatable bonds is 5. The summed E-state index contributed by atoms with van der Waals surface area (Å²) in [6, 6.07) is 9.60. The van der Waals surface area contributed by atoms with E-state index in [1.54, 1.807) is 14.2 Å². The SMILES string of the molecule is COc1ccc(CC(O)c2cc(OC)cs2)cc1. The number of ether oxygens (including phenoxy) is 2. The maximum Gasteiger partial charge on any atom is 0.129 e. The average Bonchev–Trinajstić information content (AvgIpc) is 2.88. The molecule has 1 N–H and O–H groups in total. The number of methoxy groups -OCH3 is 2. The van der Waals surface area contributed by atoms with Gasteiger partial charge in [0.2, 0.25) is 0 Å². The second-order valence-electron chi connectivity index (χ2n) is 3.96. The molecule has 0 aliphatic carbocycles. The lowest BCUT2D eigenvalue weighted by Crippen LogP contribution is -1.99. The van der Waals surface area contributed by atoms with Gasteiger partial charge in [0, 0.05) is 16.7 Å². The van der Waals surface area contributed by atoms with Crippen molar-refractivity contribution in [3.05, 3.63) is 46.2 Å². The Bertz CT molecular complexity index is 490. The Kier molecular flexibility index (Phi) is 4.23. The van der Waals surface area contributed by atoms with Crippen molar-refractivity contribution in [2.45, 2.75) is 12.5 Å². The van der Waals surface area contributed by atoms with Gasteiger partial charge < -0.3 is 14.6 Å². The number of thiophene rings is 1. The molecule has 1 atom stereocenters. The first-order valence-corrected chi connectivity index (χ1v) is 6.54. The maximum atomic E-state index is 10.1. The van der Waals surface area contributed by atoms with Crippen LogP contribution in [0, 0.1) is 0 Å². The predicted octanol–water partition coefficient (Wildman–Crippen LogP) is 3.04. The molecule has 18 heavy (non-hydrogen) atoms. The highest BCUT2D eigenvalue weighted by molar-refractivity contribution is 7.10. The van der Waals surface area contributed by atoms with Crippen LogP contribution in [0.1, 0.15) is 16.5 Å². The summed E-state index contributed by atoms with van der Waals surface area (Å²) in [6.07, 6.45) is 0.0977. The van der Waals surface area contributed by atoms with Crippen LogP contribution in [0.3, 0.4) is 0 Å². The Morgan fingerprint density at radius 3 is 2.33 bits per heavy atom. The molecule has 1 unspecified atom stereocenters. The lowest BCUT2D eigenvalue weighted by atomic mass is 10.1. The fraction of sp³-hybridized carbons (Fsp3) is 0.286. The first-order chi connectivity index (χ1) is 8.72. The molecule has 0 spiro atoms. The van der Waals surface area contributed by atoms with Crippen LogP contribution in [0.25, 0.3) is 0 Å². The summed E-state index contributed by atoms with van der Waals surface area (Å²) in [5.74, 6) is 1.62. The molecule has 1 aromatic heterocycles. The van der Waals surface area contributed by atoms with E-state index in [-0.39, 0.29) is 0 Å². The first-order valence-electron chi connectivity index (χ1n) is 5.66. The molecule has 4 heteroatoms. The Morgan fingerprint density at radius 1 is 1.11 bits per heavy atom. The van der Waals surface area contributed by atoms with Crippen LogP contribution >= 0.6 is 11.3 Å². The molecule has 0 fully saturated rings. The lowest BCUT2D eigenvalue weighted by molar-refractivity contribution is 0.182. The van der Waals surface area contributed by atoms with Gasteiger partial charge >= 0.3 is 0 Å². The van der Waals surface area contributed by atoms with Gasteiger partial charge in [-0.2, -0.15) is 0 Å². The van der Waals surface area contributed by atoms with Crippen molar-refractivity contribution in [3.8, 4) is 11.5 Å². The zero-order valence-electron chi connectivity index (χ0n) is 10.4. The molecule has 0 radical (unpaired) electrons. The summed E-state index contributed by atoms with van der Waals surface area (Å²) in [7, 11) is 3.27. The Balaban J connectivity index is 2.03. The van der Waals surface area contributed by atoms with E-state index in [9.17, 15) is 5.11 Å². The van der Waals surface area contributed by atoms with Crippen molar-refractivity contribution >= 4 is 11.3 Å². The van der Waals surface area contributed by atoms with Crippen LogP contribution in [0.4, 0.5) is 0 Å².